The summed E-state index contributed by atoms with van der Waals surface area (Å²) in [4.78, 5) is 0. The highest BCUT2D eigenvalue weighted by Crippen LogP contribution is 2.24. The molecule has 4 rings (SSSR count). The zero-order valence-electron chi connectivity index (χ0n) is 13.2. The zero-order valence-corrected chi connectivity index (χ0v) is 15.5. The molecule has 24 heavy (non-hydrogen) atoms. The fourth-order valence-corrected chi connectivity index (χ4v) is 3.19. The van der Waals surface area contributed by atoms with Crippen molar-refractivity contribution in [3.63, 3.8) is 0 Å². The second kappa shape index (κ2) is 7.51. The Morgan fingerprint density at radius 3 is 2.54 bits per heavy atom. The first kappa shape index (κ1) is 17.2. The average molecular weight is 406 g/mol. The Morgan fingerprint density at radius 1 is 1.04 bits per heavy atom. The highest BCUT2D eigenvalue weighted by atomic mass is 79.9. The molecule has 2 aromatic carbocycles. The Labute approximate surface area is 157 Å². The summed E-state index contributed by atoms with van der Waals surface area (Å²) >= 11 is 6.04. The van der Waals surface area contributed by atoms with Gasteiger partial charge in [-0.25, -0.2) is 9.13 Å². The quantitative estimate of drug-likeness (QED) is 0.586. The van der Waals surface area contributed by atoms with Gasteiger partial charge in [0, 0.05) is 10.6 Å². The molecule has 0 saturated heterocycles. The number of fused-ring (bicyclic) bond motifs is 1. The standard InChI is InChI=1S/C19H18ClN2O.BrH/c20-17-8-6-16(7-9-17)18-13-21-10-11-23-14-19(21)22(18)12-15-4-2-1-3-5-15;/h1-9,13H,10-12,14H2;1H/q+1;/p-1. The summed E-state index contributed by atoms with van der Waals surface area (Å²) in [6.45, 7) is 3.16. The molecule has 0 saturated carbocycles. The number of hydrogen-bond donors (Lipinski definition) is 0. The van der Waals surface area contributed by atoms with Gasteiger partial charge in [0.2, 0.25) is 0 Å². The van der Waals surface area contributed by atoms with Crippen LogP contribution in [0.4, 0.5) is 0 Å². The molecule has 1 aliphatic heterocycles. The van der Waals surface area contributed by atoms with Crippen LogP contribution < -0.4 is 21.5 Å². The molecule has 3 nitrogen and oxygen atoms in total. The van der Waals surface area contributed by atoms with Gasteiger partial charge in [0.05, 0.1) is 6.61 Å². The van der Waals surface area contributed by atoms with Gasteiger partial charge in [-0.15, -0.1) is 0 Å². The SMILES string of the molecule is Clc1ccc(-c2c[n+]3c(n2Cc2ccccc2)COCC3)cc1.[Br-]. The van der Waals surface area contributed by atoms with Gasteiger partial charge in [0.15, 0.2) is 5.69 Å². The number of halogens is 2. The lowest BCUT2D eigenvalue weighted by atomic mass is 10.1. The van der Waals surface area contributed by atoms with Gasteiger partial charge in [-0.1, -0.05) is 41.9 Å². The largest absolute Gasteiger partial charge is 1.00 e. The predicted molar refractivity (Wildman–Crippen MR) is 90.3 cm³/mol. The summed E-state index contributed by atoms with van der Waals surface area (Å²) < 4.78 is 10.3. The van der Waals surface area contributed by atoms with Crippen molar-refractivity contribution in [2.75, 3.05) is 6.61 Å². The highest BCUT2D eigenvalue weighted by Gasteiger charge is 2.27. The average Bonchev–Trinajstić information content (AvgIpc) is 2.95. The van der Waals surface area contributed by atoms with Crippen molar-refractivity contribution >= 4 is 11.6 Å². The van der Waals surface area contributed by atoms with Crippen molar-refractivity contribution in [2.24, 2.45) is 0 Å². The van der Waals surface area contributed by atoms with Crippen molar-refractivity contribution in [3.8, 4) is 11.3 Å². The van der Waals surface area contributed by atoms with E-state index in [4.69, 9.17) is 16.3 Å². The second-order valence-corrected chi connectivity index (χ2v) is 6.19. The summed E-state index contributed by atoms with van der Waals surface area (Å²) in [6.07, 6.45) is 2.23. The minimum atomic E-state index is 0. The number of rotatable bonds is 3. The summed E-state index contributed by atoms with van der Waals surface area (Å²) in [6, 6.07) is 18.6. The van der Waals surface area contributed by atoms with Gasteiger partial charge in [0.25, 0.3) is 5.82 Å². The summed E-state index contributed by atoms with van der Waals surface area (Å²) in [5, 5.41) is 0.760. The zero-order chi connectivity index (χ0) is 15.6. The van der Waals surface area contributed by atoms with Gasteiger partial charge in [-0.3, -0.25) is 0 Å². The highest BCUT2D eigenvalue weighted by molar-refractivity contribution is 6.30. The number of ether oxygens (including phenoxy) is 1. The summed E-state index contributed by atoms with van der Waals surface area (Å²) in [5.41, 5.74) is 3.66. The van der Waals surface area contributed by atoms with Crippen LogP contribution in [-0.2, 0) is 24.4 Å². The molecule has 5 heteroatoms. The molecular formula is C19H18BrClN2O. The van der Waals surface area contributed by atoms with Crippen LogP contribution in [0.1, 0.15) is 11.4 Å². The first-order valence-electron chi connectivity index (χ1n) is 7.81. The third-order valence-corrected chi connectivity index (χ3v) is 4.50. The smallest absolute Gasteiger partial charge is 0.283 e. The monoisotopic (exact) mass is 404 g/mol. The summed E-state index contributed by atoms with van der Waals surface area (Å²) in [7, 11) is 0. The van der Waals surface area contributed by atoms with Crippen molar-refractivity contribution in [2.45, 2.75) is 19.7 Å². The first-order valence-corrected chi connectivity index (χ1v) is 8.18. The number of imidazole rings is 1. The van der Waals surface area contributed by atoms with Crippen molar-refractivity contribution in [3.05, 3.63) is 77.2 Å². The van der Waals surface area contributed by atoms with E-state index < -0.39 is 0 Å². The van der Waals surface area contributed by atoms with Crippen LogP contribution >= 0.6 is 11.6 Å². The Hall–Kier alpha value is -1.62. The third kappa shape index (κ3) is 3.41. The van der Waals surface area contributed by atoms with Crippen molar-refractivity contribution < 1.29 is 26.3 Å². The van der Waals surface area contributed by atoms with E-state index in [9.17, 15) is 0 Å². The minimum absolute atomic E-state index is 0. The molecule has 0 fully saturated rings. The fraction of sp³-hybridized carbons (Fsp3) is 0.211. The molecule has 0 spiro atoms. The molecule has 1 aliphatic rings. The Balaban J connectivity index is 0.00000169. The van der Waals surface area contributed by atoms with Gasteiger partial charge < -0.3 is 21.7 Å². The Bertz CT molecular complexity index is 815. The minimum Gasteiger partial charge on any atom is -1.00 e. The Morgan fingerprint density at radius 2 is 1.79 bits per heavy atom. The van der Waals surface area contributed by atoms with Crippen LogP contribution in [0.2, 0.25) is 5.02 Å². The molecule has 0 N–H and O–H groups in total. The first-order chi connectivity index (χ1) is 11.3. The number of nitrogens with zero attached hydrogens (tertiary/aromatic N) is 2. The van der Waals surface area contributed by atoms with E-state index in [0.717, 1.165) is 24.7 Å². The van der Waals surface area contributed by atoms with Gasteiger partial charge in [0.1, 0.15) is 25.9 Å². The lowest BCUT2D eigenvalue weighted by molar-refractivity contribution is -0.716. The predicted octanol–water partition coefficient (Wildman–Crippen LogP) is 0.678. The van der Waals surface area contributed by atoms with E-state index >= 15 is 0 Å². The molecule has 0 bridgehead atoms. The van der Waals surface area contributed by atoms with Gasteiger partial charge >= 0.3 is 0 Å². The topological polar surface area (TPSA) is 18.0 Å². The van der Waals surface area contributed by atoms with Crippen LogP contribution in [0.5, 0.6) is 0 Å². The molecule has 0 unspecified atom stereocenters. The third-order valence-electron chi connectivity index (χ3n) is 4.24. The fourth-order valence-electron chi connectivity index (χ4n) is 3.06. The molecule has 124 valence electrons. The summed E-state index contributed by atoms with van der Waals surface area (Å²) in [5.74, 6) is 1.21. The van der Waals surface area contributed by atoms with Crippen LogP contribution in [0.15, 0.2) is 60.8 Å². The van der Waals surface area contributed by atoms with E-state index in [1.807, 2.05) is 18.2 Å². The Kier molecular flexibility index (Phi) is 5.39. The number of aromatic nitrogens is 2. The normalized spacial score (nSPS) is 13.2. The molecular weight excluding hydrogens is 388 g/mol. The molecule has 0 atom stereocenters. The molecule has 2 heterocycles. The maximum Gasteiger partial charge on any atom is 0.283 e. The van der Waals surface area contributed by atoms with Crippen LogP contribution in [0.3, 0.4) is 0 Å². The maximum absolute atomic E-state index is 6.04. The number of benzene rings is 2. The second-order valence-electron chi connectivity index (χ2n) is 5.76. The van der Waals surface area contributed by atoms with Crippen LogP contribution in [0.25, 0.3) is 11.3 Å². The molecule has 0 radical (unpaired) electrons. The lowest BCUT2D eigenvalue weighted by Gasteiger charge is -2.11. The van der Waals surface area contributed by atoms with E-state index in [2.05, 4.69) is 51.7 Å². The molecule has 3 aromatic rings. The van der Waals surface area contributed by atoms with Crippen molar-refractivity contribution in [1.29, 1.82) is 0 Å². The lowest BCUT2D eigenvalue weighted by Crippen LogP contribution is -3.00. The molecule has 0 amide bonds. The van der Waals surface area contributed by atoms with E-state index in [0.29, 0.717) is 6.61 Å². The van der Waals surface area contributed by atoms with E-state index in [1.54, 1.807) is 0 Å². The maximum atomic E-state index is 6.04. The van der Waals surface area contributed by atoms with E-state index in [1.165, 1.54) is 22.6 Å². The number of hydrogen-bond acceptors (Lipinski definition) is 1. The molecule has 0 aliphatic carbocycles. The van der Waals surface area contributed by atoms with E-state index in [-0.39, 0.29) is 17.0 Å². The van der Waals surface area contributed by atoms with Crippen molar-refractivity contribution in [1.82, 2.24) is 4.57 Å². The molecule has 1 aromatic heterocycles. The van der Waals surface area contributed by atoms with Gasteiger partial charge in [-0.05, 0) is 29.8 Å². The van der Waals surface area contributed by atoms with Gasteiger partial charge in [-0.2, -0.15) is 0 Å². The van der Waals surface area contributed by atoms with Crippen LogP contribution in [-0.4, -0.2) is 11.2 Å². The van der Waals surface area contributed by atoms with Crippen LogP contribution in [0, 0.1) is 0 Å².